The minimum Gasteiger partial charge on any atom is -0.462 e. The molecule has 0 amide bonds. The topological polar surface area (TPSA) is 78.3 Å². The summed E-state index contributed by atoms with van der Waals surface area (Å²) in [5.41, 5.74) is 5.56. The van der Waals surface area contributed by atoms with Crippen molar-refractivity contribution in [2.45, 2.75) is 32.7 Å². The average Bonchev–Trinajstić information content (AvgIpc) is 3.26. The van der Waals surface area contributed by atoms with Gasteiger partial charge in [-0.15, -0.1) is 0 Å². The van der Waals surface area contributed by atoms with E-state index in [0.717, 1.165) is 59.7 Å². The second kappa shape index (κ2) is 9.65. The predicted molar refractivity (Wildman–Crippen MR) is 132 cm³/mol. The zero-order chi connectivity index (χ0) is 23.5. The Bertz CT molecular complexity index is 1310. The molecule has 1 fully saturated rings. The molecule has 7 heteroatoms. The molecular formula is C27H28N4O3. The van der Waals surface area contributed by atoms with Gasteiger partial charge in [-0.25, -0.2) is 14.8 Å². The van der Waals surface area contributed by atoms with Crippen molar-refractivity contribution in [3.05, 3.63) is 72.2 Å². The third-order valence-electron chi connectivity index (χ3n) is 6.13. The first-order chi connectivity index (χ1) is 16.6. The number of hydrogen-bond acceptors (Lipinski definition) is 6. The molecule has 0 unspecified atom stereocenters. The number of rotatable bonds is 6. The Labute approximate surface area is 198 Å². The number of aromatic nitrogens is 3. The van der Waals surface area contributed by atoms with E-state index in [4.69, 9.17) is 9.47 Å². The fourth-order valence-electron chi connectivity index (χ4n) is 4.40. The monoisotopic (exact) mass is 456 g/mol. The first-order valence-corrected chi connectivity index (χ1v) is 11.7. The van der Waals surface area contributed by atoms with Gasteiger partial charge in [0.1, 0.15) is 12.1 Å². The highest BCUT2D eigenvalue weighted by Crippen LogP contribution is 2.36. The molecule has 1 aliphatic heterocycles. The van der Waals surface area contributed by atoms with Crippen LogP contribution in [0.1, 0.15) is 35.7 Å². The molecule has 7 nitrogen and oxygen atoms in total. The third-order valence-corrected chi connectivity index (χ3v) is 6.13. The molecule has 1 N–H and O–H groups in total. The summed E-state index contributed by atoms with van der Waals surface area (Å²) in [7, 11) is 0. The number of nitrogens with zero attached hydrogens (tertiary/aromatic N) is 3. The summed E-state index contributed by atoms with van der Waals surface area (Å²) in [6.45, 7) is 5.73. The van der Waals surface area contributed by atoms with Gasteiger partial charge in [-0.1, -0.05) is 24.3 Å². The number of carbonyl (C=O) groups excluding carboxylic acids is 1. The van der Waals surface area contributed by atoms with Crippen molar-refractivity contribution >= 4 is 22.8 Å². The van der Waals surface area contributed by atoms with Crippen LogP contribution in [-0.2, 0) is 9.47 Å². The highest BCUT2D eigenvalue weighted by molar-refractivity contribution is 6.02. The summed E-state index contributed by atoms with van der Waals surface area (Å²) >= 11 is 0. The van der Waals surface area contributed by atoms with Crippen LogP contribution in [0.2, 0.25) is 0 Å². The van der Waals surface area contributed by atoms with Gasteiger partial charge in [0, 0.05) is 36.7 Å². The summed E-state index contributed by atoms with van der Waals surface area (Å²) in [6, 6.07) is 16.2. The fraction of sp³-hybridized carbons (Fsp3) is 0.296. The number of anilines is 1. The van der Waals surface area contributed by atoms with Crippen LogP contribution in [0.3, 0.4) is 0 Å². The maximum Gasteiger partial charge on any atom is 0.338 e. The normalized spacial score (nSPS) is 14.3. The van der Waals surface area contributed by atoms with Gasteiger partial charge in [0.2, 0.25) is 0 Å². The lowest BCUT2D eigenvalue weighted by Crippen LogP contribution is -2.28. The van der Waals surface area contributed by atoms with Crippen molar-refractivity contribution in [2.75, 3.05) is 25.1 Å². The Morgan fingerprint density at radius 3 is 2.68 bits per heavy atom. The van der Waals surface area contributed by atoms with E-state index in [1.165, 1.54) is 5.56 Å². The molecule has 0 spiro atoms. The Hall–Kier alpha value is -3.71. The summed E-state index contributed by atoms with van der Waals surface area (Å²) in [5, 5.41) is 4.60. The van der Waals surface area contributed by atoms with Gasteiger partial charge in [0.25, 0.3) is 0 Å². The van der Waals surface area contributed by atoms with E-state index in [2.05, 4.69) is 51.2 Å². The zero-order valence-corrected chi connectivity index (χ0v) is 19.5. The van der Waals surface area contributed by atoms with Crippen molar-refractivity contribution < 1.29 is 14.3 Å². The zero-order valence-electron chi connectivity index (χ0n) is 19.5. The van der Waals surface area contributed by atoms with Crippen molar-refractivity contribution in [3.63, 3.8) is 0 Å². The van der Waals surface area contributed by atoms with E-state index in [1.807, 2.05) is 18.2 Å². The van der Waals surface area contributed by atoms with Crippen LogP contribution in [0.15, 0.2) is 61.1 Å². The molecule has 0 radical (unpaired) electrons. The van der Waals surface area contributed by atoms with Gasteiger partial charge in [-0.2, -0.15) is 0 Å². The smallest absolute Gasteiger partial charge is 0.338 e. The molecule has 0 bridgehead atoms. The van der Waals surface area contributed by atoms with Gasteiger partial charge in [-0.3, -0.25) is 0 Å². The highest BCUT2D eigenvalue weighted by atomic mass is 16.5. The summed E-state index contributed by atoms with van der Waals surface area (Å²) in [5.74, 6) is 0.495. The lowest BCUT2D eigenvalue weighted by molar-refractivity contribution is 0.0526. The molecule has 0 atom stereocenters. The Morgan fingerprint density at radius 2 is 1.94 bits per heavy atom. The van der Waals surface area contributed by atoms with Crippen LogP contribution in [0.4, 0.5) is 5.82 Å². The second-order valence-corrected chi connectivity index (χ2v) is 8.50. The number of carbonyl (C=O) groups is 1. The number of benzene rings is 2. The van der Waals surface area contributed by atoms with Crippen molar-refractivity contribution in [1.29, 1.82) is 0 Å². The molecule has 5 rings (SSSR count). The van der Waals surface area contributed by atoms with Crippen LogP contribution < -0.4 is 5.32 Å². The maximum atomic E-state index is 12.1. The fourth-order valence-corrected chi connectivity index (χ4v) is 4.40. The van der Waals surface area contributed by atoms with E-state index in [-0.39, 0.29) is 5.97 Å². The molecule has 0 aliphatic carbocycles. The van der Waals surface area contributed by atoms with Crippen LogP contribution in [-0.4, -0.2) is 46.4 Å². The summed E-state index contributed by atoms with van der Waals surface area (Å²) in [6.07, 6.45) is 5.59. The predicted octanol–water partition coefficient (Wildman–Crippen LogP) is 5.16. The van der Waals surface area contributed by atoms with E-state index in [9.17, 15) is 4.79 Å². The number of ether oxygens (including phenoxy) is 2. The number of hydrogen-bond donors (Lipinski definition) is 1. The van der Waals surface area contributed by atoms with Gasteiger partial charge >= 0.3 is 5.97 Å². The molecular weight excluding hydrogens is 428 g/mol. The molecule has 2 aromatic heterocycles. The summed E-state index contributed by atoms with van der Waals surface area (Å²) in [4.78, 5) is 21.4. The summed E-state index contributed by atoms with van der Waals surface area (Å²) < 4.78 is 12.8. The lowest BCUT2D eigenvalue weighted by atomic mass is 10.0. The first kappa shape index (κ1) is 22.1. The first-order valence-electron chi connectivity index (χ1n) is 11.7. The van der Waals surface area contributed by atoms with Crippen LogP contribution in [0.5, 0.6) is 0 Å². The molecule has 4 aromatic rings. The number of esters is 1. The molecule has 174 valence electrons. The average molecular weight is 457 g/mol. The van der Waals surface area contributed by atoms with Crippen molar-refractivity contribution in [1.82, 2.24) is 14.5 Å². The Morgan fingerprint density at radius 1 is 1.15 bits per heavy atom. The standard InChI is InChI=1S/C27H28N4O3/c1-3-34-27(32)20-9-7-19(8-10-20)23-16-31(22-6-4-5-18(2)15-22)26-24(23)25(28-17-29-26)30-21-11-13-33-14-12-21/h4-10,15-17,21H,3,11-14H2,1-2H3,(H,28,29,30). The number of nitrogens with one attached hydrogen (secondary N) is 1. The minimum atomic E-state index is -0.318. The van der Waals surface area contributed by atoms with E-state index >= 15 is 0 Å². The largest absolute Gasteiger partial charge is 0.462 e. The van der Waals surface area contributed by atoms with Crippen LogP contribution >= 0.6 is 0 Å². The maximum absolute atomic E-state index is 12.1. The Balaban J connectivity index is 1.64. The molecule has 2 aromatic carbocycles. The molecule has 1 saturated heterocycles. The third kappa shape index (κ3) is 4.39. The van der Waals surface area contributed by atoms with Gasteiger partial charge in [0.15, 0.2) is 5.65 Å². The highest BCUT2D eigenvalue weighted by Gasteiger charge is 2.21. The molecule has 34 heavy (non-hydrogen) atoms. The molecule has 1 aliphatic rings. The molecule has 3 heterocycles. The van der Waals surface area contributed by atoms with E-state index in [1.54, 1.807) is 25.4 Å². The van der Waals surface area contributed by atoms with Gasteiger partial charge in [0.05, 0.1) is 17.6 Å². The molecule has 0 saturated carbocycles. The Kier molecular flexibility index (Phi) is 6.27. The van der Waals surface area contributed by atoms with Crippen LogP contribution in [0, 0.1) is 6.92 Å². The van der Waals surface area contributed by atoms with Gasteiger partial charge < -0.3 is 19.4 Å². The quantitative estimate of drug-likeness (QED) is 0.404. The van der Waals surface area contributed by atoms with E-state index < -0.39 is 0 Å². The number of aryl methyl sites for hydroxylation is 1. The van der Waals surface area contributed by atoms with Crippen LogP contribution in [0.25, 0.3) is 27.8 Å². The van der Waals surface area contributed by atoms with Crippen molar-refractivity contribution in [2.24, 2.45) is 0 Å². The SMILES string of the molecule is CCOC(=O)c1ccc(-c2cn(-c3cccc(C)c3)c3ncnc(NC4CCOCC4)c23)cc1. The van der Waals surface area contributed by atoms with Crippen molar-refractivity contribution in [3.8, 4) is 16.8 Å². The second-order valence-electron chi connectivity index (χ2n) is 8.50. The number of fused-ring (bicyclic) bond motifs is 1. The minimum absolute atomic E-state index is 0.299. The van der Waals surface area contributed by atoms with Gasteiger partial charge in [-0.05, 0) is 62.1 Å². The lowest BCUT2D eigenvalue weighted by Gasteiger charge is -2.24. The van der Waals surface area contributed by atoms with E-state index in [0.29, 0.717) is 18.2 Å².